The Kier molecular flexibility index (Phi) is 9.66. The summed E-state index contributed by atoms with van der Waals surface area (Å²) in [6.45, 7) is 10.8. The molecule has 2 rings (SSSR count). The number of rotatable bonds is 8. The van der Waals surface area contributed by atoms with Gasteiger partial charge in [-0.05, 0) is 48.6 Å². The largest absolute Gasteiger partial charge is 0.384 e. The minimum atomic E-state index is 0.531. The summed E-state index contributed by atoms with van der Waals surface area (Å²) in [7, 11) is 0. The minimum absolute atomic E-state index is 0.531. The van der Waals surface area contributed by atoms with Crippen LogP contribution in [-0.2, 0) is 12.8 Å². The van der Waals surface area contributed by atoms with Crippen LogP contribution < -0.4 is 10.5 Å². The lowest BCUT2D eigenvalue weighted by Gasteiger charge is -2.11. The number of allylic oxidation sites excluding steroid dienone is 1. The fourth-order valence-corrected chi connectivity index (χ4v) is 2.51. The molecule has 134 valence electrons. The molecule has 4 heteroatoms. The molecule has 0 bridgehead atoms. The van der Waals surface area contributed by atoms with E-state index in [0.29, 0.717) is 17.8 Å². The summed E-state index contributed by atoms with van der Waals surface area (Å²) in [5, 5.41) is 16.9. The Morgan fingerprint density at radius 2 is 1.60 bits per heavy atom. The molecule has 2 aromatic rings. The van der Waals surface area contributed by atoms with Gasteiger partial charge in [0.25, 0.3) is 0 Å². The van der Waals surface area contributed by atoms with Crippen molar-refractivity contribution in [3.63, 3.8) is 0 Å². The smallest absolute Gasteiger partial charge is 0.0582 e. The number of aryl methyl sites for hydroxylation is 1. The molecular formula is C21H29N3S. The second-order valence-corrected chi connectivity index (χ2v) is 6.27. The van der Waals surface area contributed by atoms with Crippen LogP contribution in [-0.4, -0.2) is 12.3 Å². The lowest BCUT2D eigenvalue weighted by Crippen LogP contribution is -2.22. The van der Waals surface area contributed by atoms with Crippen molar-refractivity contribution >= 4 is 17.7 Å². The highest BCUT2D eigenvalue weighted by molar-refractivity contribution is 7.97. The van der Waals surface area contributed by atoms with Gasteiger partial charge >= 0.3 is 0 Å². The molecule has 0 amide bonds. The van der Waals surface area contributed by atoms with Crippen molar-refractivity contribution in [1.29, 1.82) is 5.41 Å². The summed E-state index contributed by atoms with van der Waals surface area (Å²) < 4.78 is 0. The van der Waals surface area contributed by atoms with E-state index >= 15 is 0 Å². The molecule has 0 radical (unpaired) electrons. The first kappa shape index (κ1) is 21.0. The summed E-state index contributed by atoms with van der Waals surface area (Å²) in [6, 6.07) is 16.5. The fourth-order valence-electron chi connectivity index (χ4n) is 2.22. The second kappa shape index (κ2) is 11.5. The predicted molar refractivity (Wildman–Crippen MR) is 111 cm³/mol. The second-order valence-electron chi connectivity index (χ2n) is 5.56. The van der Waals surface area contributed by atoms with Gasteiger partial charge in [-0.3, -0.25) is 5.14 Å². The molecule has 0 saturated carbocycles. The molecule has 0 spiro atoms. The van der Waals surface area contributed by atoms with Crippen LogP contribution in [0.1, 0.15) is 30.5 Å². The Hall–Kier alpha value is -2.04. The van der Waals surface area contributed by atoms with E-state index < -0.39 is 0 Å². The first-order chi connectivity index (χ1) is 12.1. The number of benzene rings is 2. The van der Waals surface area contributed by atoms with Crippen LogP contribution in [0.2, 0.25) is 0 Å². The van der Waals surface area contributed by atoms with E-state index in [2.05, 4.69) is 55.2 Å². The molecule has 0 aliphatic heterocycles. The zero-order valence-electron chi connectivity index (χ0n) is 15.4. The van der Waals surface area contributed by atoms with E-state index in [4.69, 9.17) is 10.5 Å². The number of nitrogens with two attached hydrogens (primary N) is 1. The summed E-state index contributed by atoms with van der Waals surface area (Å²) in [5.74, 6) is 0. The lowest BCUT2D eigenvalue weighted by molar-refractivity contribution is 0.810. The molecule has 0 unspecified atom stereocenters. The molecule has 0 aromatic heterocycles. The van der Waals surface area contributed by atoms with Crippen molar-refractivity contribution in [3.8, 4) is 0 Å². The highest BCUT2D eigenvalue weighted by Crippen LogP contribution is 2.12. The molecule has 0 heterocycles. The van der Waals surface area contributed by atoms with Gasteiger partial charge in [-0.2, -0.15) is 0 Å². The molecule has 0 saturated heterocycles. The molecule has 0 aliphatic carbocycles. The van der Waals surface area contributed by atoms with Crippen LogP contribution in [0.5, 0.6) is 0 Å². The standard InChI is InChI=1S/C19H23N3S.C2H6/c1-14-3-5-17(6-4-14)13-19(20)15(2)22-12-11-16-7-9-18(23-21)10-8-16;1-2/h3-10,20,22H,2,11-13,21H2,1H3;1-2H3. The van der Waals surface area contributed by atoms with Gasteiger partial charge in [0, 0.05) is 23.6 Å². The van der Waals surface area contributed by atoms with E-state index in [1.54, 1.807) is 0 Å². The van der Waals surface area contributed by atoms with E-state index in [-0.39, 0.29) is 0 Å². The quantitative estimate of drug-likeness (QED) is 0.466. The van der Waals surface area contributed by atoms with Crippen LogP contribution in [0.15, 0.2) is 65.7 Å². The van der Waals surface area contributed by atoms with Gasteiger partial charge in [0.15, 0.2) is 0 Å². The Morgan fingerprint density at radius 1 is 1.04 bits per heavy atom. The van der Waals surface area contributed by atoms with Gasteiger partial charge in [0.05, 0.1) is 5.71 Å². The Bertz CT molecular complexity index is 661. The molecule has 0 aliphatic rings. The van der Waals surface area contributed by atoms with E-state index in [0.717, 1.165) is 23.4 Å². The van der Waals surface area contributed by atoms with Crippen molar-refractivity contribution in [2.75, 3.05) is 6.54 Å². The Morgan fingerprint density at radius 3 is 2.16 bits per heavy atom. The minimum Gasteiger partial charge on any atom is -0.384 e. The third-order valence-corrected chi connectivity index (χ3v) is 4.22. The fraction of sp³-hybridized carbons (Fsp3) is 0.286. The van der Waals surface area contributed by atoms with Crippen LogP contribution >= 0.6 is 11.9 Å². The van der Waals surface area contributed by atoms with Crippen molar-refractivity contribution < 1.29 is 0 Å². The van der Waals surface area contributed by atoms with Crippen LogP contribution in [0.3, 0.4) is 0 Å². The van der Waals surface area contributed by atoms with Gasteiger partial charge in [0.2, 0.25) is 0 Å². The zero-order valence-corrected chi connectivity index (χ0v) is 16.2. The number of nitrogens with one attached hydrogen (secondary N) is 2. The molecule has 2 aromatic carbocycles. The zero-order chi connectivity index (χ0) is 18.7. The van der Waals surface area contributed by atoms with Crippen LogP contribution in [0.25, 0.3) is 0 Å². The van der Waals surface area contributed by atoms with Crippen LogP contribution in [0, 0.1) is 12.3 Å². The van der Waals surface area contributed by atoms with Crippen molar-refractivity contribution in [2.45, 2.75) is 38.5 Å². The summed E-state index contributed by atoms with van der Waals surface area (Å²) in [5.41, 5.74) is 4.84. The summed E-state index contributed by atoms with van der Waals surface area (Å²) >= 11 is 1.25. The third kappa shape index (κ3) is 7.59. The van der Waals surface area contributed by atoms with E-state index in [1.807, 2.05) is 26.0 Å². The highest BCUT2D eigenvalue weighted by Gasteiger charge is 2.04. The first-order valence-corrected chi connectivity index (χ1v) is 9.48. The Labute approximate surface area is 156 Å². The van der Waals surface area contributed by atoms with Crippen molar-refractivity contribution in [3.05, 3.63) is 77.5 Å². The van der Waals surface area contributed by atoms with E-state index in [1.165, 1.54) is 23.1 Å². The average Bonchev–Trinajstić information content (AvgIpc) is 2.65. The van der Waals surface area contributed by atoms with Gasteiger partial charge in [-0.25, -0.2) is 0 Å². The third-order valence-electron chi connectivity index (χ3n) is 3.68. The van der Waals surface area contributed by atoms with E-state index in [9.17, 15) is 0 Å². The number of hydrogen-bond donors (Lipinski definition) is 3. The maximum atomic E-state index is 8.14. The maximum Gasteiger partial charge on any atom is 0.0582 e. The van der Waals surface area contributed by atoms with Crippen molar-refractivity contribution in [2.24, 2.45) is 5.14 Å². The van der Waals surface area contributed by atoms with Crippen molar-refractivity contribution in [1.82, 2.24) is 5.32 Å². The Balaban J connectivity index is 0.00000151. The average molecular weight is 356 g/mol. The monoisotopic (exact) mass is 355 g/mol. The molecule has 4 N–H and O–H groups in total. The molecule has 3 nitrogen and oxygen atoms in total. The van der Waals surface area contributed by atoms with Crippen LogP contribution in [0.4, 0.5) is 0 Å². The molecule has 0 atom stereocenters. The molecule has 0 fully saturated rings. The SMILES string of the molecule is C=C(NCCc1ccc(SN)cc1)C(=N)Cc1ccc(C)cc1.CC. The van der Waals surface area contributed by atoms with Gasteiger partial charge in [-0.1, -0.05) is 62.4 Å². The van der Waals surface area contributed by atoms with Gasteiger partial charge in [-0.15, -0.1) is 0 Å². The summed E-state index contributed by atoms with van der Waals surface area (Å²) in [6.07, 6.45) is 1.50. The first-order valence-electron chi connectivity index (χ1n) is 8.60. The molecule has 25 heavy (non-hydrogen) atoms. The molecular weight excluding hydrogens is 326 g/mol. The van der Waals surface area contributed by atoms with Gasteiger partial charge < -0.3 is 10.7 Å². The lowest BCUT2D eigenvalue weighted by atomic mass is 10.1. The summed E-state index contributed by atoms with van der Waals surface area (Å²) in [4.78, 5) is 1.06. The predicted octanol–water partition coefficient (Wildman–Crippen LogP) is 4.90. The van der Waals surface area contributed by atoms with Gasteiger partial charge in [0.1, 0.15) is 0 Å². The normalized spacial score (nSPS) is 9.76. The number of hydrogen-bond acceptors (Lipinski definition) is 4. The highest BCUT2D eigenvalue weighted by atomic mass is 32.2. The topological polar surface area (TPSA) is 61.9 Å². The maximum absolute atomic E-state index is 8.14.